The normalized spacial score (nSPS) is 14.2. The summed E-state index contributed by atoms with van der Waals surface area (Å²) in [4.78, 5) is 9.20. The third-order valence-corrected chi connectivity index (χ3v) is 7.89. The lowest BCUT2D eigenvalue weighted by Gasteiger charge is -2.21. The molecule has 2 aromatic rings. The van der Waals surface area contributed by atoms with Gasteiger partial charge in [-0.15, -0.1) is 0 Å². The summed E-state index contributed by atoms with van der Waals surface area (Å²) in [6, 6.07) is 8.25. The molecule has 0 aliphatic heterocycles. The zero-order chi connectivity index (χ0) is 25.1. The van der Waals surface area contributed by atoms with Crippen LogP contribution in [0.1, 0.15) is 134 Å². The van der Waals surface area contributed by atoms with Crippen molar-refractivity contribution < 1.29 is 4.74 Å². The Morgan fingerprint density at radius 1 is 0.694 bits per heavy atom. The smallest absolute Gasteiger partial charge is 0.159 e. The molecular weight excluding hydrogens is 440 g/mol. The zero-order valence-electron chi connectivity index (χ0n) is 23.2. The second-order valence-electron chi connectivity index (χ2n) is 11.1. The molecule has 1 aliphatic rings. The highest BCUT2D eigenvalue weighted by Gasteiger charge is 2.12. The van der Waals surface area contributed by atoms with Gasteiger partial charge in [-0.05, 0) is 55.0 Å². The van der Waals surface area contributed by atoms with E-state index in [1.54, 1.807) is 0 Å². The molecule has 200 valence electrons. The third-order valence-electron chi connectivity index (χ3n) is 7.89. The van der Waals surface area contributed by atoms with Crippen molar-refractivity contribution in [3.63, 3.8) is 0 Å². The quantitative estimate of drug-likeness (QED) is 0.183. The maximum absolute atomic E-state index is 5.97. The van der Waals surface area contributed by atoms with Gasteiger partial charge in [-0.1, -0.05) is 116 Å². The summed E-state index contributed by atoms with van der Waals surface area (Å²) in [5, 5.41) is 0. The van der Waals surface area contributed by atoms with E-state index in [0.717, 1.165) is 42.5 Å². The predicted octanol–water partition coefficient (Wildman–Crippen LogP) is 10.1. The zero-order valence-corrected chi connectivity index (χ0v) is 23.2. The fourth-order valence-electron chi connectivity index (χ4n) is 5.53. The van der Waals surface area contributed by atoms with E-state index in [-0.39, 0.29) is 0 Å². The van der Waals surface area contributed by atoms with Crippen molar-refractivity contribution in [3.8, 4) is 17.1 Å². The summed E-state index contributed by atoms with van der Waals surface area (Å²) in [5.41, 5.74) is 2.30. The molecular formula is C33H52N2O. The van der Waals surface area contributed by atoms with Gasteiger partial charge in [0.05, 0.1) is 6.61 Å². The fraction of sp³-hybridized carbons (Fsp3) is 0.697. The minimum atomic E-state index is 0.798. The maximum atomic E-state index is 5.97. The van der Waals surface area contributed by atoms with E-state index >= 15 is 0 Å². The largest absolute Gasteiger partial charge is 0.494 e. The van der Waals surface area contributed by atoms with Crippen LogP contribution in [-0.4, -0.2) is 16.6 Å². The van der Waals surface area contributed by atoms with Gasteiger partial charge in [-0.2, -0.15) is 0 Å². The van der Waals surface area contributed by atoms with E-state index < -0.39 is 0 Å². The van der Waals surface area contributed by atoms with Crippen LogP contribution < -0.4 is 4.74 Å². The Hall–Kier alpha value is -1.90. The molecule has 3 rings (SSSR count). The van der Waals surface area contributed by atoms with E-state index in [0.29, 0.717) is 0 Å². The van der Waals surface area contributed by atoms with Gasteiger partial charge < -0.3 is 4.74 Å². The molecule has 1 heterocycles. The lowest BCUT2D eigenvalue weighted by Crippen LogP contribution is -2.05. The summed E-state index contributed by atoms with van der Waals surface area (Å²) < 4.78 is 5.97. The number of rotatable bonds is 19. The van der Waals surface area contributed by atoms with Gasteiger partial charge in [0.2, 0.25) is 0 Å². The number of benzene rings is 1. The van der Waals surface area contributed by atoms with Crippen LogP contribution in [0.3, 0.4) is 0 Å². The monoisotopic (exact) mass is 492 g/mol. The second kappa shape index (κ2) is 18.4. The average molecular weight is 493 g/mol. The van der Waals surface area contributed by atoms with Crippen molar-refractivity contribution in [3.05, 3.63) is 42.2 Å². The minimum absolute atomic E-state index is 0.798. The standard InChI is InChI=1S/C33H52N2O/c1-2-3-4-5-9-14-21-30-27-34-33(35-28-30)31-22-24-32(25-23-31)36-26-17-11-8-6-7-10-13-18-29-19-15-12-16-20-29/h22-25,27-29H,2-21,26H2,1H3. The first-order valence-electron chi connectivity index (χ1n) is 15.4. The molecule has 0 atom stereocenters. The topological polar surface area (TPSA) is 35.0 Å². The van der Waals surface area contributed by atoms with Gasteiger partial charge in [0, 0.05) is 18.0 Å². The average Bonchev–Trinajstić information content (AvgIpc) is 2.93. The SMILES string of the molecule is CCCCCCCCc1cnc(-c2ccc(OCCCCCCCCCC3CCCCC3)cc2)nc1. The van der Waals surface area contributed by atoms with Crippen LogP contribution in [0.15, 0.2) is 36.7 Å². The number of nitrogens with zero attached hydrogens (tertiary/aromatic N) is 2. The van der Waals surface area contributed by atoms with Crippen LogP contribution in [0.2, 0.25) is 0 Å². The molecule has 0 saturated heterocycles. The number of aromatic nitrogens is 2. The van der Waals surface area contributed by atoms with Crippen molar-refractivity contribution >= 4 is 0 Å². The second-order valence-corrected chi connectivity index (χ2v) is 11.1. The van der Waals surface area contributed by atoms with Gasteiger partial charge in [-0.25, -0.2) is 9.97 Å². The third kappa shape index (κ3) is 11.9. The molecule has 1 aliphatic carbocycles. The molecule has 3 heteroatoms. The van der Waals surface area contributed by atoms with Gasteiger partial charge in [0.25, 0.3) is 0 Å². The van der Waals surface area contributed by atoms with Gasteiger partial charge in [-0.3, -0.25) is 0 Å². The highest BCUT2D eigenvalue weighted by atomic mass is 16.5. The predicted molar refractivity (Wildman–Crippen MR) is 154 cm³/mol. The first-order chi connectivity index (χ1) is 17.8. The van der Waals surface area contributed by atoms with E-state index in [1.807, 2.05) is 12.4 Å². The first kappa shape index (κ1) is 28.7. The maximum Gasteiger partial charge on any atom is 0.159 e. The Labute approximate surface area is 221 Å². The Kier molecular flexibility index (Phi) is 14.6. The van der Waals surface area contributed by atoms with Gasteiger partial charge >= 0.3 is 0 Å². The van der Waals surface area contributed by atoms with Crippen molar-refractivity contribution in [2.45, 2.75) is 135 Å². The van der Waals surface area contributed by atoms with E-state index in [9.17, 15) is 0 Å². The lowest BCUT2D eigenvalue weighted by molar-refractivity contribution is 0.303. The highest BCUT2D eigenvalue weighted by Crippen LogP contribution is 2.28. The Bertz CT molecular complexity index is 780. The number of aryl methyl sites for hydroxylation is 1. The molecule has 0 amide bonds. The first-order valence-corrected chi connectivity index (χ1v) is 15.4. The van der Waals surface area contributed by atoms with Crippen molar-refractivity contribution in [1.82, 2.24) is 9.97 Å². The van der Waals surface area contributed by atoms with Crippen LogP contribution >= 0.6 is 0 Å². The highest BCUT2D eigenvalue weighted by molar-refractivity contribution is 5.55. The molecule has 1 aromatic heterocycles. The van der Waals surface area contributed by atoms with Crippen LogP contribution in [0, 0.1) is 5.92 Å². The van der Waals surface area contributed by atoms with Gasteiger partial charge in [0.1, 0.15) is 5.75 Å². The summed E-state index contributed by atoms with van der Waals surface area (Å²) in [6.45, 7) is 3.08. The molecule has 1 aromatic carbocycles. The van der Waals surface area contributed by atoms with Crippen LogP contribution in [0.4, 0.5) is 0 Å². The summed E-state index contributed by atoms with van der Waals surface area (Å²) in [7, 11) is 0. The van der Waals surface area contributed by atoms with Gasteiger partial charge in [0.15, 0.2) is 5.82 Å². The molecule has 0 spiro atoms. The van der Waals surface area contributed by atoms with Crippen molar-refractivity contribution in [2.75, 3.05) is 6.61 Å². The Balaban J connectivity index is 1.20. The fourth-order valence-corrected chi connectivity index (χ4v) is 5.53. The molecule has 0 radical (unpaired) electrons. The van der Waals surface area contributed by atoms with Crippen LogP contribution in [0.25, 0.3) is 11.4 Å². The lowest BCUT2D eigenvalue weighted by atomic mass is 9.85. The van der Waals surface area contributed by atoms with Crippen molar-refractivity contribution in [1.29, 1.82) is 0 Å². The summed E-state index contributed by atoms with van der Waals surface area (Å²) in [6.07, 6.45) is 31.4. The molecule has 0 unspecified atom stereocenters. The molecule has 3 nitrogen and oxygen atoms in total. The van der Waals surface area contributed by atoms with E-state index in [1.165, 1.54) is 121 Å². The van der Waals surface area contributed by atoms with Crippen LogP contribution in [-0.2, 0) is 6.42 Å². The van der Waals surface area contributed by atoms with E-state index in [4.69, 9.17) is 4.74 Å². The molecule has 0 N–H and O–H groups in total. The number of hydrogen-bond donors (Lipinski definition) is 0. The van der Waals surface area contributed by atoms with Crippen LogP contribution in [0.5, 0.6) is 5.75 Å². The number of ether oxygens (including phenoxy) is 1. The Morgan fingerprint density at radius 3 is 2.00 bits per heavy atom. The number of unbranched alkanes of at least 4 members (excludes halogenated alkanes) is 11. The molecule has 0 bridgehead atoms. The molecule has 1 saturated carbocycles. The van der Waals surface area contributed by atoms with Crippen molar-refractivity contribution in [2.24, 2.45) is 5.92 Å². The summed E-state index contributed by atoms with van der Waals surface area (Å²) in [5.74, 6) is 2.80. The molecule has 1 fully saturated rings. The van der Waals surface area contributed by atoms with E-state index in [2.05, 4.69) is 41.2 Å². The minimum Gasteiger partial charge on any atom is -0.494 e. The summed E-state index contributed by atoms with van der Waals surface area (Å²) >= 11 is 0. The number of hydrogen-bond acceptors (Lipinski definition) is 3. The molecule has 36 heavy (non-hydrogen) atoms. The Morgan fingerprint density at radius 2 is 1.31 bits per heavy atom.